The SMILES string of the molecule is CN(c1ncc(Br)cc1[N+](=O)[O-])C(C)(C)CO. The summed E-state index contributed by atoms with van der Waals surface area (Å²) >= 11 is 3.15. The van der Waals surface area contributed by atoms with Crippen molar-refractivity contribution in [3.8, 4) is 0 Å². The Balaban J connectivity index is 3.26. The number of hydrogen-bond donors (Lipinski definition) is 1. The lowest BCUT2D eigenvalue weighted by Crippen LogP contribution is -2.45. The van der Waals surface area contributed by atoms with Gasteiger partial charge in [0.25, 0.3) is 0 Å². The molecule has 1 aromatic rings. The van der Waals surface area contributed by atoms with E-state index in [0.29, 0.717) is 4.47 Å². The van der Waals surface area contributed by atoms with Crippen LogP contribution in [0.4, 0.5) is 11.5 Å². The second-order valence-electron chi connectivity index (χ2n) is 4.28. The number of halogens is 1. The molecule has 0 saturated carbocycles. The third-order valence-corrected chi connectivity index (χ3v) is 3.06. The van der Waals surface area contributed by atoms with E-state index in [0.717, 1.165) is 0 Å². The van der Waals surface area contributed by atoms with E-state index in [1.165, 1.54) is 12.3 Å². The van der Waals surface area contributed by atoms with E-state index in [-0.39, 0.29) is 18.1 Å². The fourth-order valence-electron chi connectivity index (χ4n) is 1.21. The van der Waals surface area contributed by atoms with Crippen LogP contribution in [0.25, 0.3) is 0 Å². The molecule has 1 N–H and O–H groups in total. The lowest BCUT2D eigenvalue weighted by atomic mass is 10.1. The maximum absolute atomic E-state index is 10.9. The third-order valence-electron chi connectivity index (χ3n) is 2.62. The van der Waals surface area contributed by atoms with E-state index in [1.807, 2.05) is 0 Å². The van der Waals surface area contributed by atoms with E-state index in [1.54, 1.807) is 25.8 Å². The van der Waals surface area contributed by atoms with Crippen LogP contribution in [-0.2, 0) is 0 Å². The molecule has 0 aliphatic carbocycles. The Morgan fingerprint density at radius 2 is 2.24 bits per heavy atom. The Morgan fingerprint density at radius 1 is 1.65 bits per heavy atom. The molecule has 17 heavy (non-hydrogen) atoms. The molecular formula is C10H14BrN3O3. The third kappa shape index (κ3) is 2.92. The fraction of sp³-hybridized carbons (Fsp3) is 0.500. The van der Waals surface area contributed by atoms with Crippen LogP contribution in [0, 0.1) is 10.1 Å². The fourth-order valence-corrected chi connectivity index (χ4v) is 1.53. The Hall–Kier alpha value is -1.21. The molecule has 0 amide bonds. The number of aliphatic hydroxyl groups excluding tert-OH is 1. The standard InChI is InChI=1S/C10H14BrN3O3/c1-10(2,6-15)13(3)9-8(14(16)17)4-7(11)5-12-9/h4-5,15H,6H2,1-3H3. The summed E-state index contributed by atoms with van der Waals surface area (Å²) in [5.74, 6) is 0.234. The molecule has 7 heteroatoms. The molecular weight excluding hydrogens is 290 g/mol. The predicted molar refractivity (Wildman–Crippen MR) is 68.2 cm³/mol. The summed E-state index contributed by atoms with van der Waals surface area (Å²) in [5.41, 5.74) is -0.714. The first kappa shape index (κ1) is 13.9. The first-order valence-corrected chi connectivity index (χ1v) is 5.73. The van der Waals surface area contributed by atoms with Gasteiger partial charge in [0, 0.05) is 23.8 Å². The van der Waals surface area contributed by atoms with Crippen LogP contribution >= 0.6 is 15.9 Å². The molecule has 0 aliphatic heterocycles. The summed E-state index contributed by atoms with van der Waals surface area (Å²) in [6.45, 7) is 3.43. The number of pyridine rings is 1. The second kappa shape index (κ2) is 4.97. The number of anilines is 1. The molecule has 6 nitrogen and oxygen atoms in total. The number of likely N-dealkylation sites (N-methyl/N-ethyl adjacent to an activating group) is 1. The van der Waals surface area contributed by atoms with E-state index in [4.69, 9.17) is 0 Å². The van der Waals surface area contributed by atoms with Crippen molar-refractivity contribution in [1.29, 1.82) is 0 Å². The van der Waals surface area contributed by atoms with Crippen LogP contribution in [0.1, 0.15) is 13.8 Å². The van der Waals surface area contributed by atoms with Crippen molar-refractivity contribution in [1.82, 2.24) is 4.98 Å². The van der Waals surface area contributed by atoms with E-state index in [9.17, 15) is 15.2 Å². The number of aromatic nitrogens is 1. The van der Waals surface area contributed by atoms with Crippen molar-refractivity contribution in [2.24, 2.45) is 0 Å². The molecule has 0 bridgehead atoms. The van der Waals surface area contributed by atoms with Crippen molar-refractivity contribution >= 4 is 27.4 Å². The average Bonchev–Trinajstić information content (AvgIpc) is 2.28. The van der Waals surface area contributed by atoms with Gasteiger partial charge in [-0.2, -0.15) is 0 Å². The maximum atomic E-state index is 10.9. The molecule has 1 rings (SSSR count). The first-order chi connectivity index (χ1) is 7.79. The Morgan fingerprint density at radius 3 is 2.71 bits per heavy atom. The molecule has 0 aliphatic rings. The van der Waals surface area contributed by atoms with Gasteiger partial charge in [-0.15, -0.1) is 0 Å². The van der Waals surface area contributed by atoms with E-state index < -0.39 is 10.5 Å². The molecule has 0 radical (unpaired) electrons. The van der Waals surface area contributed by atoms with Crippen LogP contribution in [0.5, 0.6) is 0 Å². The van der Waals surface area contributed by atoms with Gasteiger partial charge in [0.15, 0.2) is 0 Å². The van der Waals surface area contributed by atoms with Gasteiger partial charge in [-0.3, -0.25) is 10.1 Å². The average molecular weight is 304 g/mol. The van der Waals surface area contributed by atoms with Crippen molar-refractivity contribution in [3.63, 3.8) is 0 Å². The number of nitrogens with zero attached hydrogens (tertiary/aromatic N) is 3. The summed E-state index contributed by atoms with van der Waals surface area (Å²) in [6.07, 6.45) is 1.49. The smallest absolute Gasteiger partial charge is 0.312 e. The van der Waals surface area contributed by atoms with Crippen LogP contribution in [0.2, 0.25) is 0 Å². The van der Waals surface area contributed by atoms with Crippen LogP contribution in [0.3, 0.4) is 0 Å². The first-order valence-electron chi connectivity index (χ1n) is 4.94. The van der Waals surface area contributed by atoms with Gasteiger partial charge in [-0.25, -0.2) is 4.98 Å². The number of rotatable bonds is 4. The molecule has 0 fully saturated rings. The van der Waals surface area contributed by atoms with Crippen molar-refractivity contribution in [2.75, 3.05) is 18.6 Å². The topological polar surface area (TPSA) is 79.5 Å². The highest BCUT2D eigenvalue weighted by Gasteiger charge is 2.29. The van der Waals surface area contributed by atoms with Crippen LogP contribution < -0.4 is 4.90 Å². The van der Waals surface area contributed by atoms with Gasteiger partial charge in [0.1, 0.15) is 0 Å². The van der Waals surface area contributed by atoms with Crippen molar-refractivity contribution in [2.45, 2.75) is 19.4 Å². The van der Waals surface area contributed by atoms with E-state index >= 15 is 0 Å². The molecule has 0 spiro atoms. The Bertz CT molecular complexity index is 437. The lowest BCUT2D eigenvalue weighted by Gasteiger charge is -2.34. The number of hydrogen-bond acceptors (Lipinski definition) is 5. The summed E-state index contributed by atoms with van der Waals surface area (Å²) in [4.78, 5) is 16.1. The normalized spacial score (nSPS) is 11.4. The maximum Gasteiger partial charge on any atom is 0.312 e. The molecule has 0 unspecified atom stereocenters. The lowest BCUT2D eigenvalue weighted by molar-refractivity contribution is -0.384. The quantitative estimate of drug-likeness (QED) is 0.679. The molecule has 94 valence electrons. The minimum Gasteiger partial charge on any atom is -0.394 e. The Labute approximate surface area is 108 Å². The monoisotopic (exact) mass is 303 g/mol. The van der Waals surface area contributed by atoms with E-state index in [2.05, 4.69) is 20.9 Å². The second-order valence-corrected chi connectivity index (χ2v) is 5.20. The van der Waals surface area contributed by atoms with Gasteiger partial charge < -0.3 is 10.0 Å². The highest BCUT2D eigenvalue weighted by atomic mass is 79.9. The van der Waals surface area contributed by atoms with Gasteiger partial charge in [0.05, 0.1) is 17.1 Å². The van der Waals surface area contributed by atoms with Gasteiger partial charge in [-0.05, 0) is 29.8 Å². The largest absolute Gasteiger partial charge is 0.394 e. The zero-order valence-electron chi connectivity index (χ0n) is 9.85. The zero-order valence-corrected chi connectivity index (χ0v) is 11.4. The van der Waals surface area contributed by atoms with Crippen molar-refractivity contribution in [3.05, 3.63) is 26.9 Å². The van der Waals surface area contributed by atoms with Crippen LogP contribution in [0.15, 0.2) is 16.7 Å². The Kier molecular flexibility index (Phi) is 4.05. The summed E-state index contributed by atoms with van der Waals surface area (Å²) in [5, 5.41) is 20.2. The summed E-state index contributed by atoms with van der Waals surface area (Å²) < 4.78 is 0.545. The number of nitro groups is 1. The highest BCUT2D eigenvalue weighted by molar-refractivity contribution is 9.10. The summed E-state index contributed by atoms with van der Waals surface area (Å²) in [7, 11) is 1.67. The molecule has 1 aromatic heterocycles. The molecule has 0 saturated heterocycles. The molecule has 1 heterocycles. The minimum absolute atomic E-state index is 0.0941. The predicted octanol–water partition coefficient (Wildman–Crippen LogP) is 1.96. The van der Waals surface area contributed by atoms with Gasteiger partial charge >= 0.3 is 5.69 Å². The summed E-state index contributed by atoms with van der Waals surface area (Å²) in [6, 6.07) is 1.40. The molecule has 0 atom stereocenters. The zero-order chi connectivity index (χ0) is 13.2. The molecule has 0 aromatic carbocycles. The van der Waals surface area contributed by atoms with Crippen molar-refractivity contribution < 1.29 is 10.0 Å². The number of aliphatic hydroxyl groups is 1. The minimum atomic E-state index is -0.619. The van der Waals surface area contributed by atoms with Gasteiger partial charge in [-0.1, -0.05) is 0 Å². The van der Waals surface area contributed by atoms with Gasteiger partial charge in [0.2, 0.25) is 5.82 Å². The van der Waals surface area contributed by atoms with Crippen LogP contribution in [-0.4, -0.2) is 34.2 Å². The highest BCUT2D eigenvalue weighted by Crippen LogP contribution is 2.31.